The molecular formula is C61H122NO9P. The van der Waals surface area contributed by atoms with E-state index in [4.69, 9.17) is 29.4 Å². The Kier molecular flexibility index (Phi) is 56.8. The van der Waals surface area contributed by atoms with Crippen molar-refractivity contribution in [3.63, 3.8) is 0 Å². The molecule has 430 valence electrons. The summed E-state index contributed by atoms with van der Waals surface area (Å²) in [6.45, 7) is 3.98. The summed E-state index contributed by atoms with van der Waals surface area (Å²) in [5.74, 6) is -1.76. The topological polar surface area (TPSA) is 155 Å². The van der Waals surface area contributed by atoms with Crippen molar-refractivity contribution in [1.29, 1.82) is 0 Å². The van der Waals surface area contributed by atoms with Crippen molar-refractivity contribution in [3.05, 3.63) is 0 Å². The van der Waals surface area contributed by atoms with Crippen LogP contribution in [0.1, 0.15) is 341 Å². The predicted octanol–water partition coefficient (Wildman–Crippen LogP) is 19.4. The van der Waals surface area contributed by atoms with Crippen molar-refractivity contribution in [1.82, 2.24) is 0 Å². The fraction of sp³-hybridized carbons (Fsp3) is 0.967. The zero-order valence-electron chi connectivity index (χ0n) is 47.8. The number of nitrogens with two attached hydrogens (primary N) is 1. The van der Waals surface area contributed by atoms with Gasteiger partial charge in [-0.2, -0.15) is 0 Å². The van der Waals surface area contributed by atoms with Gasteiger partial charge in [-0.1, -0.05) is 322 Å². The van der Waals surface area contributed by atoms with Gasteiger partial charge in [-0.3, -0.25) is 18.6 Å². The monoisotopic (exact) mass is 1040 g/mol. The van der Waals surface area contributed by atoms with E-state index in [9.17, 15) is 19.0 Å². The first-order chi connectivity index (χ1) is 35.2. The predicted molar refractivity (Wildman–Crippen MR) is 305 cm³/mol. The molecule has 0 saturated heterocycles. The van der Waals surface area contributed by atoms with E-state index in [0.717, 1.165) is 38.5 Å². The quantitative estimate of drug-likeness (QED) is 0.0305. The van der Waals surface area contributed by atoms with Crippen molar-refractivity contribution in [2.75, 3.05) is 26.4 Å². The third kappa shape index (κ3) is 56.7. The van der Waals surface area contributed by atoms with Crippen molar-refractivity contribution >= 4 is 19.8 Å². The van der Waals surface area contributed by atoms with E-state index in [1.165, 1.54) is 283 Å². The molecule has 0 rings (SSSR count). The first kappa shape index (κ1) is 71.0. The van der Waals surface area contributed by atoms with Gasteiger partial charge in [0.05, 0.1) is 19.8 Å². The van der Waals surface area contributed by atoms with Crippen LogP contribution in [0.4, 0.5) is 0 Å². The van der Waals surface area contributed by atoms with Crippen LogP contribution < -0.4 is 5.73 Å². The average Bonchev–Trinajstić information content (AvgIpc) is 3.36. The zero-order valence-corrected chi connectivity index (χ0v) is 48.7. The zero-order chi connectivity index (χ0) is 52.5. The molecule has 0 fully saturated rings. The van der Waals surface area contributed by atoms with Gasteiger partial charge in [0.15, 0.2) is 0 Å². The lowest BCUT2D eigenvalue weighted by Gasteiger charge is -2.20. The Bertz CT molecular complexity index is 1160. The first-order valence-corrected chi connectivity index (χ1v) is 33.1. The Hall–Kier alpha value is -1.03. The summed E-state index contributed by atoms with van der Waals surface area (Å²) in [5, 5.41) is 8.96. The number of phosphoric ester groups is 1. The molecule has 0 saturated carbocycles. The molecule has 0 aromatic carbocycles. The van der Waals surface area contributed by atoms with Gasteiger partial charge < -0.3 is 25.2 Å². The van der Waals surface area contributed by atoms with E-state index >= 15 is 0 Å². The molecule has 0 radical (unpaired) electrons. The number of rotatable bonds is 62. The molecule has 10 nitrogen and oxygen atoms in total. The van der Waals surface area contributed by atoms with E-state index in [1.54, 1.807) is 0 Å². The molecule has 0 amide bonds. The Labute approximate surface area is 446 Å². The van der Waals surface area contributed by atoms with Crippen LogP contribution in [-0.2, 0) is 32.7 Å². The van der Waals surface area contributed by atoms with Crippen LogP contribution in [0, 0.1) is 0 Å². The highest BCUT2D eigenvalue weighted by atomic mass is 31.2. The number of hydrogen-bond acceptors (Lipinski definition) is 8. The highest BCUT2D eigenvalue weighted by Crippen LogP contribution is 2.43. The van der Waals surface area contributed by atoms with Crippen LogP contribution in [0.5, 0.6) is 0 Å². The van der Waals surface area contributed by atoms with Crippen molar-refractivity contribution in [2.45, 2.75) is 353 Å². The van der Waals surface area contributed by atoms with E-state index < -0.39 is 45.1 Å². The first-order valence-electron chi connectivity index (χ1n) is 31.6. The van der Waals surface area contributed by atoms with Gasteiger partial charge in [-0.15, -0.1) is 0 Å². The molecule has 1 unspecified atom stereocenters. The highest BCUT2D eigenvalue weighted by molar-refractivity contribution is 7.47. The maximum atomic E-state index is 12.8. The Morgan fingerprint density at radius 3 is 0.917 bits per heavy atom. The molecule has 0 heterocycles. The number of ether oxygens (including phenoxy) is 2. The smallest absolute Gasteiger partial charge is 0.472 e. The molecule has 0 aliphatic heterocycles. The van der Waals surface area contributed by atoms with Crippen LogP contribution in [0.15, 0.2) is 0 Å². The molecule has 0 aliphatic rings. The van der Waals surface area contributed by atoms with Crippen molar-refractivity contribution < 1.29 is 42.7 Å². The molecule has 0 bridgehead atoms. The molecule has 11 heteroatoms. The normalized spacial score (nSPS) is 13.4. The van der Waals surface area contributed by atoms with E-state index in [0.29, 0.717) is 6.61 Å². The van der Waals surface area contributed by atoms with Crippen LogP contribution in [-0.4, -0.2) is 60.5 Å². The number of phosphoric acid groups is 1. The standard InChI is InChI=1S/C61H122NO9P/c1-3-5-7-9-11-13-15-17-19-21-23-24-25-26-27-28-29-30-31-32-33-34-35-36-37-39-41-43-45-47-49-51-53-60(63)71-58(56-69-72(66,67)70-57-59(62)61(64)65)55-68-54-52-50-48-46-44-42-40-38-22-20-18-16-14-12-10-8-6-4-2/h58-59H,3-57,62H2,1-2H3,(H,64,65)(H,66,67)/t58-,59+/m1/s1. The third-order valence-electron chi connectivity index (χ3n) is 14.6. The van der Waals surface area contributed by atoms with E-state index in [-0.39, 0.29) is 13.0 Å². The van der Waals surface area contributed by atoms with Gasteiger partial charge >= 0.3 is 19.8 Å². The summed E-state index contributed by atoms with van der Waals surface area (Å²) < 4.78 is 33.7. The van der Waals surface area contributed by atoms with Gasteiger partial charge in [0.2, 0.25) is 0 Å². The summed E-state index contributed by atoms with van der Waals surface area (Å²) in [4.78, 5) is 33.8. The molecule has 0 aromatic rings. The van der Waals surface area contributed by atoms with Gasteiger partial charge in [0.1, 0.15) is 12.1 Å². The van der Waals surface area contributed by atoms with Crippen LogP contribution in [0.3, 0.4) is 0 Å². The number of esters is 1. The number of carbonyl (C=O) groups excluding carboxylic acids is 1. The summed E-state index contributed by atoms with van der Waals surface area (Å²) in [6.07, 6.45) is 66.3. The third-order valence-corrected chi connectivity index (χ3v) is 15.6. The second kappa shape index (κ2) is 57.7. The Morgan fingerprint density at radius 1 is 0.389 bits per heavy atom. The van der Waals surface area contributed by atoms with E-state index in [2.05, 4.69) is 13.8 Å². The van der Waals surface area contributed by atoms with Crippen molar-refractivity contribution in [2.24, 2.45) is 5.73 Å². The van der Waals surface area contributed by atoms with Gasteiger partial charge in [0.25, 0.3) is 0 Å². The molecule has 0 aromatic heterocycles. The molecule has 72 heavy (non-hydrogen) atoms. The lowest BCUT2D eigenvalue weighted by Crippen LogP contribution is -2.34. The largest absolute Gasteiger partial charge is 0.480 e. The summed E-state index contributed by atoms with van der Waals surface area (Å²) in [7, 11) is -4.62. The fourth-order valence-electron chi connectivity index (χ4n) is 9.79. The summed E-state index contributed by atoms with van der Waals surface area (Å²) >= 11 is 0. The average molecular weight is 1040 g/mol. The summed E-state index contributed by atoms with van der Waals surface area (Å²) in [6, 6.07) is -1.47. The molecule has 0 aliphatic carbocycles. The van der Waals surface area contributed by atoms with Crippen LogP contribution in [0.25, 0.3) is 0 Å². The number of carboxylic acid groups (broad SMARTS) is 1. The second-order valence-corrected chi connectivity index (χ2v) is 23.4. The lowest BCUT2D eigenvalue weighted by atomic mass is 10.0. The van der Waals surface area contributed by atoms with Crippen molar-refractivity contribution in [3.8, 4) is 0 Å². The van der Waals surface area contributed by atoms with Crippen LogP contribution in [0.2, 0.25) is 0 Å². The second-order valence-electron chi connectivity index (χ2n) is 21.9. The van der Waals surface area contributed by atoms with Gasteiger partial charge in [0, 0.05) is 13.0 Å². The maximum Gasteiger partial charge on any atom is 0.472 e. The highest BCUT2D eigenvalue weighted by Gasteiger charge is 2.27. The molecular weight excluding hydrogens is 922 g/mol. The minimum absolute atomic E-state index is 0.0268. The molecule has 0 spiro atoms. The van der Waals surface area contributed by atoms with Gasteiger partial charge in [-0.25, -0.2) is 4.57 Å². The number of hydrogen-bond donors (Lipinski definition) is 3. The Balaban J connectivity index is 3.88. The fourth-order valence-corrected chi connectivity index (χ4v) is 10.6. The molecule has 3 atom stereocenters. The minimum atomic E-state index is -4.62. The number of aliphatic carboxylic acids is 1. The number of carbonyl (C=O) groups is 2. The maximum absolute atomic E-state index is 12.8. The SMILES string of the molecule is CCCCCCCCCCCCCCCCCCCCCCCCCCCCCCCCCCC(=O)O[C@H](COCCCCCCCCCCCCCCCCCCCC)COP(=O)(O)OC[C@H](N)C(=O)O. The van der Waals surface area contributed by atoms with Gasteiger partial charge in [-0.05, 0) is 12.8 Å². The van der Waals surface area contributed by atoms with E-state index in [1.807, 2.05) is 0 Å². The minimum Gasteiger partial charge on any atom is -0.480 e. The number of carboxylic acids is 1. The molecule has 4 N–H and O–H groups in total. The lowest BCUT2D eigenvalue weighted by molar-refractivity contribution is -0.154. The Morgan fingerprint density at radius 2 is 0.639 bits per heavy atom. The van der Waals surface area contributed by atoms with Crippen LogP contribution >= 0.6 is 7.82 Å². The summed E-state index contributed by atoms with van der Waals surface area (Å²) in [5.41, 5.74) is 5.40. The number of unbranched alkanes of at least 4 members (excludes halogenated alkanes) is 48.